The highest BCUT2D eigenvalue weighted by Gasteiger charge is 2.37. The number of amides is 2. The van der Waals surface area contributed by atoms with Gasteiger partial charge in [-0.05, 0) is 49.8 Å². The molecule has 1 aliphatic carbocycles. The minimum Gasteiger partial charge on any atom is -0.354 e. The van der Waals surface area contributed by atoms with Gasteiger partial charge >= 0.3 is 0 Å². The van der Waals surface area contributed by atoms with Crippen molar-refractivity contribution >= 4 is 22.8 Å². The van der Waals surface area contributed by atoms with Crippen molar-refractivity contribution < 1.29 is 9.59 Å². The molecule has 0 saturated heterocycles. The van der Waals surface area contributed by atoms with E-state index in [0.717, 1.165) is 54.3 Å². The van der Waals surface area contributed by atoms with E-state index in [2.05, 4.69) is 29.5 Å². The van der Waals surface area contributed by atoms with Crippen LogP contribution in [0.3, 0.4) is 0 Å². The van der Waals surface area contributed by atoms with Crippen LogP contribution in [0.5, 0.6) is 0 Å². The molecule has 1 aromatic heterocycles. The van der Waals surface area contributed by atoms with Crippen LogP contribution in [0.4, 0.5) is 0 Å². The fraction of sp³-hybridized carbons (Fsp3) is 0.481. The fourth-order valence-corrected chi connectivity index (χ4v) is 4.75. The number of nitrogens with one attached hydrogen (secondary N) is 1. The predicted molar refractivity (Wildman–Crippen MR) is 133 cm³/mol. The number of nitrogens with zero attached hydrogens (tertiary/aromatic N) is 4. The maximum Gasteiger partial charge on any atom is 0.247 e. The second-order valence-corrected chi connectivity index (χ2v) is 9.76. The maximum atomic E-state index is 13.9. The summed E-state index contributed by atoms with van der Waals surface area (Å²) in [7, 11) is 0. The standard InChI is InChI=1S/C27H35N5O2/c1-19(2)16-17-28-27(34)26(21-14-12-20(3)13-15-21)32(22-8-4-5-9-22)25(33)18-31-24-11-7-6-10-23(24)29-30-31/h6-7,10-15,19,22,26H,4-5,8-9,16-18H2,1-3H3,(H,28,34). The van der Waals surface area contributed by atoms with Gasteiger partial charge in [-0.1, -0.05) is 73.9 Å². The van der Waals surface area contributed by atoms with E-state index in [4.69, 9.17) is 0 Å². The Morgan fingerprint density at radius 1 is 1.09 bits per heavy atom. The first-order valence-corrected chi connectivity index (χ1v) is 12.4. The quantitative estimate of drug-likeness (QED) is 0.512. The van der Waals surface area contributed by atoms with E-state index in [0.29, 0.717) is 12.5 Å². The predicted octanol–water partition coefficient (Wildman–Crippen LogP) is 4.41. The zero-order chi connectivity index (χ0) is 24.1. The van der Waals surface area contributed by atoms with Crippen molar-refractivity contribution in [3.63, 3.8) is 0 Å². The molecule has 0 bridgehead atoms. The topological polar surface area (TPSA) is 80.1 Å². The Balaban J connectivity index is 1.67. The van der Waals surface area contributed by atoms with Gasteiger partial charge in [0.15, 0.2) is 0 Å². The van der Waals surface area contributed by atoms with E-state index >= 15 is 0 Å². The molecule has 1 atom stereocenters. The number of carbonyl (C=O) groups excluding carboxylic acids is 2. The van der Waals surface area contributed by atoms with E-state index in [1.807, 2.05) is 60.4 Å². The van der Waals surface area contributed by atoms with Gasteiger partial charge < -0.3 is 10.2 Å². The van der Waals surface area contributed by atoms with Crippen LogP contribution in [0, 0.1) is 12.8 Å². The lowest BCUT2D eigenvalue weighted by Gasteiger charge is -2.36. The van der Waals surface area contributed by atoms with Gasteiger partial charge in [-0.25, -0.2) is 4.68 Å². The summed E-state index contributed by atoms with van der Waals surface area (Å²) < 4.78 is 1.64. The molecule has 0 aliphatic heterocycles. The number of fused-ring (bicyclic) bond motifs is 1. The molecule has 1 unspecified atom stereocenters. The Labute approximate surface area is 201 Å². The first kappa shape index (κ1) is 23.9. The molecule has 1 N–H and O–H groups in total. The Morgan fingerprint density at radius 2 is 1.79 bits per heavy atom. The third-order valence-corrected chi connectivity index (χ3v) is 6.65. The Bertz CT molecular complexity index is 1120. The lowest BCUT2D eigenvalue weighted by molar-refractivity contribution is -0.144. The van der Waals surface area contributed by atoms with E-state index in [1.165, 1.54) is 0 Å². The summed E-state index contributed by atoms with van der Waals surface area (Å²) >= 11 is 0. The van der Waals surface area contributed by atoms with Gasteiger partial charge in [0.1, 0.15) is 18.1 Å². The highest BCUT2D eigenvalue weighted by atomic mass is 16.2. The Hall–Kier alpha value is -3.22. The van der Waals surface area contributed by atoms with Crippen LogP contribution in [0.15, 0.2) is 48.5 Å². The first-order chi connectivity index (χ1) is 16.4. The van der Waals surface area contributed by atoms with Crippen LogP contribution in [-0.4, -0.2) is 44.3 Å². The molecule has 0 radical (unpaired) electrons. The van der Waals surface area contributed by atoms with Crippen LogP contribution in [-0.2, 0) is 16.1 Å². The normalized spacial score (nSPS) is 15.1. The number of aromatic nitrogens is 3. The van der Waals surface area contributed by atoms with Gasteiger partial charge in [0.25, 0.3) is 0 Å². The second kappa shape index (κ2) is 10.8. The molecule has 4 rings (SSSR count). The molecule has 7 nitrogen and oxygen atoms in total. The minimum absolute atomic E-state index is 0.0319. The third kappa shape index (κ3) is 5.46. The third-order valence-electron chi connectivity index (χ3n) is 6.65. The lowest BCUT2D eigenvalue weighted by atomic mass is 9.99. The summed E-state index contributed by atoms with van der Waals surface area (Å²) in [5.41, 5.74) is 3.53. The molecule has 2 aromatic carbocycles. The molecular formula is C27H35N5O2. The van der Waals surface area contributed by atoms with Gasteiger partial charge in [-0.2, -0.15) is 0 Å². The van der Waals surface area contributed by atoms with Crippen LogP contribution in [0.1, 0.15) is 63.1 Å². The molecule has 3 aromatic rings. The average Bonchev–Trinajstić information content (AvgIpc) is 3.48. The number of aryl methyl sites for hydroxylation is 1. The van der Waals surface area contributed by atoms with Crippen molar-refractivity contribution in [2.24, 2.45) is 5.92 Å². The first-order valence-electron chi connectivity index (χ1n) is 12.4. The van der Waals surface area contributed by atoms with Crippen LogP contribution in [0.2, 0.25) is 0 Å². The molecule has 180 valence electrons. The summed E-state index contributed by atoms with van der Waals surface area (Å²) in [5.74, 6) is 0.270. The minimum atomic E-state index is -0.668. The van der Waals surface area contributed by atoms with Crippen LogP contribution in [0.25, 0.3) is 11.0 Å². The molecule has 1 heterocycles. The van der Waals surface area contributed by atoms with Crippen molar-refractivity contribution in [3.8, 4) is 0 Å². The molecule has 1 aliphatic rings. The van der Waals surface area contributed by atoms with Crippen molar-refractivity contribution in [3.05, 3.63) is 59.7 Å². The Kier molecular flexibility index (Phi) is 7.60. The van der Waals surface area contributed by atoms with Crippen LogP contribution >= 0.6 is 0 Å². The number of rotatable bonds is 9. The summed E-state index contributed by atoms with van der Waals surface area (Å²) in [6.07, 6.45) is 4.85. The van der Waals surface area contributed by atoms with E-state index in [-0.39, 0.29) is 24.4 Å². The van der Waals surface area contributed by atoms with Crippen LogP contribution < -0.4 is 5.32 Å². The molecule has 0 spiro atoms. The van der Waals surface area contributed by atoms with E-state index < -0.39 is 6.04 Å². The number of para-hydroxylation sites is 1. The van der Waals surface area contributed by atoms with Gasteiger partial charge in [0, 0.05) is 12.6 Å². The van der Waals surface area contributed by atoms with Crippen molar-refractivity contribution in [2.45, 2.75) is 71.5 Å². The maximum absolute atomic E-state index is 13.9. The summed E-state index contributed by atoms with van der Waals surface area (Å²) in [6.45, 7) is 6.95. The molecule has 2 amide bonds. The number of hydrogen-bond acceptors (Lipinski definition) is 4. The number of carbonyl (C=O) groups is 2. The van der Waals surface area contributed by atoms with Gasteiger partial charge in [0.2, 0.25) is 11.8 Å². The highest BCUT2D eigenvalue weighted by molar-refractivity contribution is 5.89. The fourth-order valence-electron chi connectivity index (χ4n) is 4.75. The summed E-state index contributed by atoms with van der Waals surface area (Å²) in [4.78, 5) is 29.3. The van der Waals surface area contributed by atoms with Crippen molar-refractivity contribution in [1.29, 1.82) is 0 Å². The molecule has 1 saturated carbocycles. The summed E-state index contributed by atoms with van der Waals surface area (Å²) in [6, 6.07) is 14.9. The van der Waals surface area contributed by atoms with Crippen molar-refractivity contribution in [1.82, 2.24) is 25.2 Å². The molecule has 34 heavy (non-hydrogen) atoms. The Morgan fingerprint density at radius 3 is 2.50 bits per heavy atom. The van der Waals surface area contributed by atoms with Gasteiger partial charge in [-0.3, -0.25) is 9.59 Å². The number of benzene rings is 2. The number of hydrogen-bond donors (Lipinski definition) is 1. The smallest absolute Gasteiger partial charge is 0.247 e. The van der Waals surface area contributed by atoms with Crippen molar-refractivity contribution in [2.75, 3.05) is 6.54 Å². The highest BCUT2D eigenvalue weighted by Crippen LogP contribution is 2.32. The largest absolute Gasteiger partial charge is 0.354 e. The zero-order valence-electron chi connectivity index (χ0n) is 20.4. The zero-order valence-corrected chi connectivity index (χ0v) is 20.4. The average molecular weight is 462 g/mol. The van der Waals surface area contributed by atoms with E-state index in [1.54, 1.807) is 4.68 Å². The second-order valence-electron chi connectivity index (χ2n) is 9.76. The molecule has 1 fully saturated rings. The SMILES string of the molecule is Cc1ccc(C(C(=O)NCCC(C)C)N(C(=O)Cn2nnc3ccccc32)C2CCCC2)cc1. The van der Waals surface area contributed by atoms with Gasteiger partial charge in [0.05, 0.1) is 5.52 Å². The van der Waals surface area contributed by atoms with E-state index in [9.17, 15) is 9.59 Å². The molecule has 7 heteroatoms. The summed E-state index contributed by atoms with van der Waals surface area (Å²) in [5, 5.41) is 11.5. The van der Waals surface area contributed by atoms with Gasteiger partial charge in [-0.15, -0.1) is 5.10 Å². The lowest BCUT2D eigenvalue weighted by Crippen LogP contribution is -2.49. The monoisotopic (exact) mass is 461 g/mol. The molecular weight excluding hydrogens is 426 g/mol.